The van der Waals surface area contributed by atoms with Gasteiger partial charge in [0, 0.05) is 6.20 Å². The van der Waals surface area contributed by atoms with Crippen molar-refractivity contribution in [1.29, 1.82) is 0 Å². The normalized spacial score (nSPS) is 21.8. The van der Waals surface area contributed by atoms with Crippen LogP contribution in [0.15, 0.2) is 48.8 Å². The van der Waals surface area contributed by atoms with Gasteiger partial charge in [0.2, 0.25) is 0 Å². The fourth-order valence-electron chi connectivity index (χ4n) is 4.87. The molecular formula is C26H38N2O3Si. The summed E-state index contributed by atoms with van der Waals surface area (Å²) < 4.78 is 5.42. The number of benzene rings is 1. The highest BCUT2D eigenvalue weighted by Gasteiger charge is 2.41. The van der Waals surface area contributed by atoms with E-state index in [1.54, 1.807) is 12.4 Å². The van der Waals surface area contributed by atoms with Gasteiger partial charge in [-0.3, -0.25) is 10.3 Å². The number of rotatable bonds is 7. The number of ether oxygens (including phenoxy) is 1. The third-order valence-corrected chi connectivity index (χ3v) is 10.8. The standard InChI is InChI=1S/C26H38N2O3Si/c1-19-13-21(16-26(2,3)32(4,5)30)15-22(14-19)23-11-12-27-17-24(23)28-25(29)31-18-20-9-7-6-8-10-20/h6-12,17,19,21-22,30H,13-16,18H2,1-5H3,(H,28,29)/t19-,21+,22-/m1/s1. The van der Waals surface area contributed by atoms with Gasteiger partial charge in [-0.05, 0) is 78.8 Å². The third-order valence-electron chi connectivity index (χ3n) is 7.24. The van der Waals surface area contributed by atoms with Crippen LogP contribution in [-0.4, -0.2) is 24.2 Å². The molecule has 0 bridgehead atoms. The third kappa shape index (κ3) is 6.42. The van der Waals surface area contributed by atoms with Gasteiger partial charge in [0.1, 0.15) is 6.61 Å². The lowest BCUT2D eigenvalue weighted by molar-refractivity contribution is 0.155. The number of nitrogens with one attached hydrogen (secondary N) is 1. The molecule has 0 unspecified atom stereocenters. The number of hydrogen-bond acceptors (Lipinski definition) is 4. The predicted octanol–water partition coefficient (Wildman–Crippen LogP) is 6.72. The summed E-state index contributed by atoms with van der Waals surface area (Å²) in [6, 6.07) is 11.7. The van der Waals surface area contributed by atoms with Crippen molar-refractivity contribution in [1.82, 2.24) is 4.98 Å². The Hall–Kier alpha value is -2.18. The van der Waals surface area contributed by atoms with Gasteiger partial charge in [0.15, 0.2) is 8.32 Å². The maximum absolute atomic E-state index is 12.5. The van der Waals surface area contributed by atoms with Crippen LogP contribution < -0.4 is 5.32 Å². The Balaban J connectivity index is 1.68. The van der Waals surface area contributed by atoms with Crippen molar-refractivity contribution < 1.29 is 14.3 Å². The Bertz CT molecular complexity index is 895. The van der Waals surface area contributed by atoms with Crippen LogP contribution in [0, 0.1) is 11.8 Å². The molecule has 6 heteroatoms. The maximum atomic E-state index is 12.5. The van der Waals surface area contributed by atoms with Gasteiger partial charge in [0.25, 0.3) is 0 Å². The zero-order chi connectivity index (χ0) is 23.4. The number of aromatic nitrogens is 1. The maximum Gasteiger partial charge on any atom is 0.412 e. The first kappa shape index (κ1) is 24.5. The van der Waals surface area contributed by atoms with Gasteiger partial charge in [-0.15, -0.1) is 0 Å². The quantitative estimate of drug-likeness (QED) is 0.456. The average molecular weight is 455 g/mol. The molecule has 3 rings (SSSR count). The zero-order valence-corrected chi connectivity index (χ0v) is 21.1. The Labute approximate surface area is 193 Å². The van der Waals surface area contributed by atoms with Crippen LogP contribution in [0.3, 0.4) is 0 Å². The second-order valence-electron chi connectivity index (χ2n) is 10.7. The fourth-order valence-corrected chi connectivity index (χ4v) is 5.66. The number of hydrogen-bond donors (Lipinski definition) is 2. The first-order valence-corrected chi connectivity index (χ1v) is 14.6. The molecule has 1 aliphatic rings. The minimum atomic E-state index is -2.25. The lowest BCUT2D eigenvalue weighted by atomic mass is 9.71. The second kappa shape index (κ2) is 10.2. The number of amides is 1. The summed E-state index contributed by atoms with van der Waals surface area (Å²) in [5, 5.41) is 2.90. The van der Waals surface area contributed by atoms with Gasteiger partial charge in [0.05, 0.1) is 11.9 Å². The molecule has 1 saturated carbocycles. The molecule has 174 valence electrons. The smallest absolute Gasteiger partial charge is 0.412 e. The Morgan fingerprint density at radius 3 is 2.59 bits per heavy atom. The van der Waals surface area contributed by atoms with E-state index in [1.807, 2.05) is 49.5 Å². The molecular weight excluding hydrogens is 416 g/mol. The highest BCUT2D eigenvalue weighted by molar-refractivity contribution is 6.72. The molecule has 32 heavy (non-hydrogen) atoms. The molecule has 3 atom stereocenters. The fraction of sp³-hybridized carbons (Fsp3) is 0.538. The van der Waals surface area contributed by atoms with Crippen LogP contribution in [-0.2, 0) is 11.3 Å². The number of carbonyl (C=O) groups excluding carboxylic acids is 1. The second-order valence-corrected chi connectivity index (χ2v) is 15.1. The van der Waals surface area contributed by atoms with Crippen molar-refractivity contribution >= 4 is 20.1 Å². The lowest BCUT2D eigenvalue weighted by Crippen LogP contribution is -2.41. The summed E-state index contributed by atoms with van der Waals surface area (Å²) >= 11 is 0. The molecule has 5 nitrogen and oxygen atoms in total. The van der Waals surface area contributed by atoms with Gasteiger partial charge in [-0.25, -0.2) is 4.79 Å². The van der Waals surface area contributed by atoms with E-state index in [0.717, 1.165) is 36.1 Å². The number of pyridine rings is 1. The van der Waals surface area contributed by atoms with E-state index in [4.69, 9.17) is 4.74 Å². The van der Waals surface area contributed by atoms with Crippen molar-refractivity contribution in [2.45, 2.75) is 77.1 Å². The van der Waals surface area contributed by atoms with Crippen LogP contribution in [0.2, 0.25) is 18.1 Å². The van der Waals surface area contributed by atoms with E-state index in [-0.39, 0.29) is 11.6 Å². The Morgan fingerprint density at radius 2 is 1.91 bits per heavy atom. The van der Waals surface area contributed by atoms with E-state index in [9.17, 15) is 9.59 Å². The topological polar surface area (TPSA) is 71.5 Å². The van der Waals surface area contributed by atoms with E-state index < -0.39 is 14.4 Å². The molecule has 1 fully saturated rings. The molecule has 2 aromatic rings. The van der Waals surface area contributed by atoms with Crippen LogP contribution in [0.1, 0.15) is 63.5 Å². The number of carbonyl (C=O) groups is 1. The lowest BCUT2D eigenvalue weighted by Gasteiger charge is -2.42. The van der Waals surface area contributed by atoms with Gasteiger partial charge in [-0.2, -0.15) is 0 Å². The Morgan fingerprint density at radius 1 is 1.19 bits per heavy atom. The highest BCUT2D eigenvalue weighted by atomic mass is 28.4. The Kier molecular flexibility index (Phi) is 7.78. The van der Waals surface area contributed by atoms with E-state index in [2.05, 4.69) is 31.1 Å². The molecule has 1 aliphatic carbocycles. The zero-order valence-electron chi connectivity index (χ0n) is 20.1. The molecule has 0 saturated heterocycles. The van der Waals surface area contributed by atoms with Crippen LogP contribution in [0.25, 0.3) is 0 Å². The van der Waals surface area contributed by atoms with Gasteiger partial charge >= 0.3 is 6.09 Å². The summed E-state index contributed by atoms with van der Waals surface area (Å²) in [6.45, 7) is 11.1. The molecule has 1 aromatic carbocycles. The monoisotopic (exact) mass is 454 g/mol. The summed E-state index contributed by atoms with van der Waals surface area (Å²) in [4.78, 5) is 27.5. The van der Waals surface area contributed by atoms with Crippen LogP contribution >= 0.6 is 0 Å². The van der Waals surface area contributed by atoms with E-state index >= 15 is 0 Å². The molecule has 0 spiro atoms. The van der Waals surface area contributed by atoms with Crippen molar-refractivity contribution in [3.05, 3.63) is 59.9 Å². The highest BCUT2D eigenvalue weighted by Crippen LogP contribution is 2.49. The summed E-state index contributed by atoms with van der Waals surface area (Å²) in [7, 11) is -2.25. The average Bonchev–Trinajstić information content (AvgIpc) is 2.72. The summed E-state index contributed by atoms with van der Waals surface area (Å²) in [5.74, 6) is 1.52. The van der Waals surface area contributed by atoms with Gasteiger partial charge in [-0.1, -0.05) is 51.1 Å². The van der Waals surface area contributed by atoms with Crippen LogP contribution in [0.5, 0.6) is 0 Å². The molecule has 1 heterocycles. The molecule has 2 N–H and O–H groups in total. The summed E-state index contributed by atoms with van der Waals surface area (Å²) in [5.41, 5.74) is 2.82. The largest absolute Gasteiger partial charge is 0.444 e. The SMILES string of the molecule is C[C@@H]1C[C@H](CC(C)(C)[Si](C)(C)O)C[C@H](c2ccncc2NC(=O)OCc2ccccc2)C1. The van der Waals surface area contributed by atoms with Crippen molar-refractivity contribution in [2.24, 2.45) is 11.8 Å². The first-order valence-electron chi connectivity index (χ1n) is 11.7. The van der Waals surface area contributed by atoms with Crippen LogP contribution in [0.4, 0.5) is 10.5 Å². The molecule has 1 aromatic heterocycles. The van der Waals surface area contributed by atoms with E-state index in [1.165, 1.54) is 6.42 Å². The van der Waals surface area contributed by atoms with Gasteiger partial charge < -0.3 is 9.53 Å². The number of anilines is 1. The van der Waals surface area contributed by atoms with Crippen molar-refractivity contribution in [3.63, 3.8) is 0 Å². The minimum Gasteiger partial charge on any atom is -0.444 e. The molecule has 0 radical (unpaired) electrons. The van der Waals surface area contributed by atoms with E-state index in [0.29, 0.717) is 17.8 Å². The van der Waals surface area contributed by atoms with Crippen molar-refractivity contribution in [3.8, 4) is 0 Å². The number of nitrogens with zero attached hydrogens (tertiary/aromatic N) is 1. The molecule has 0 aliphatic heterocycles. The minimum absolute atomic E-state index is 0.0279. The predicted molar refractivity (Wildman–Crippen MR) is 132 cm³/mol. The first-order chi connectivity index (χ1) is 15.0. The molecule has 1 amide bonds. The van der Waals surface area contributed by atoms with Crippen molar-refractivity contribution in [2.75, 3.05) is 5.32 Å². The summed E-state index contributed by atoms with van der Waals surface area (Å²) in [6.07, 6.45) is 7.45.